The molecule has 0 radical (unpaired) electrons. The average molecular weight is 251 g/mol. The Morgan fingerprint density at radius 1 is 1.59 bits per heavy atom. The van der Waals surface area contributed by atoms with E-state index in [1.54, 1.807) is 18.3 Å². The van der Waals surface area contributed by atoms with E-state index in [4.69, 9.17) is 5.73 Å². The van der Waals surface area contributed by atoms with Gasteiger partial charge in [0.2, 0.25) is 0 Å². The lowest BCUT2D eigenvalue weighted by atomic mass is 10.2. The standard InChI is InChI=1S/C12H17N3OS/c1-17-9-5-4-8(7-9)15-12(16)10-3-2-6-14-11(10)13/h2-3,6,8-9H,4-5,7H2,1H3,(H2,13,14)(H,15,16). The fraction of sp³-hybridized carbons (Fsp3) is 0.500. The molecule has 0 bridgehead atoms. The van der Waals surface area contributed by atoms with Crippen molar-refractivity contribution in [2.24, 2.45) is 0 Å². The van der Waals surface area contributed by atoms with Gasteiger partial charge in [-0.3, -0.25) is 4.79 Å². The number of carbonyl (C=O) groups excluding carboxylic acids is 1. The quantitative estimate of drug-likeness (QED) is 0.857. The van der Waals surface area contributed by atoms with Gasteiger partial charge < -0.3 is 11.1 Å². The van der Waals surface area contributed by atoms with Crippen LogP contribution in [0.3, 0.4) is 0 Å². The average Bonchev–Trinajstić information content (AvgIpc) is 2.77. The molecule has 1 fully saturated rings. The van der Waals surface area contributed by atoms with Gasteiger partial charge in [-0.05, 0) is 37.7 Å². The van der Waals surface area contributed by atoms with E-state index in [1.165, 1.54) is 6.42 Å². The molecule has 2 unspecified atom stereocenters. The van der Waals surface area contributed by atoms with Crippen molar-refractivity contribution in [2.75, 3.05) is 12.0 Å². The molecule has 1 aliphatic carbocycles. The Hall–Kier alpha value is -1.23. The van der Waals surface area contributed by atoms with Crippen molar-refractivity contribution in [2.45, 2.75) is 30.6 Å². The Balaban J connectivity index is 1.96. The molecular formula is C12H17N3OS. The summed E-state index contributed by atoms with van der Waals surface area (Å²) >= 11 is 1.87. The molecule has 3 N–H and O–H groups in total. The zero-order chi connectivity index (χ0) is 12.3. The van der Waals surface area contributed by atoms with E-state index < -0.39 is 0 Å². The Kier molecular flexibility index (Phi) is 3.89. The summed E-state index contributed by atoms with van der Waals surface area (Å²) in [5, 5.41) is 3.70. The van der Waals surface area contributed by atoms with E-state index in [2.05, 4.69) is 16.6 Å². The summed E-state index contributed by atoms with van der Waals surface area (Å²) in [5.74, 6) is 0.187. The lowest BCUT2D eigenvalue weighted by Gasteiger charge is -2.13. The first-order valence-corrected chi connectivity index (χ1v) is 7.03. The van der Waals surface area contributed by atoms with Gasteiger partial charge in [-0.25, -0.2) is 4.98 Å². The van der Waals surface area contributed by atoms with Crippen molar-refractivity contribution in [3.63, 3.8) is 0 Å². The smallest absolute Gasteiger partial charge is 0.255 e. The predicted molar refractivity (Wildman–Crippen MR) is 71.1 cm³/mol. The van der Waals surface area contributed by atoms with Crippen LogP contribution >= 0.6 is 11.8 Å². The molecule has 17 heavy (non-hydrogen) atoms. The van der Waals surface area contributed by atoms with E-state index in [1.807, 2.05) is 11.8 Å². The SMILES string of the molecule is CSC1CCC(NC(=O)c2cccnc2N)C1. The van der Waals surface area contributed by atoms with Gasteiger partial charge in [-0.1, -0.05) is 0 Å². The molecule has 1 aliphatic rings. The van der Waals surface area contributed by atoms with Gasteiger partial charge in [-0.2, -0.15) is 11.8 Å². The number of carbonyl (C=O) groups is 1. The number of anilines is 1. The molecule has 1 aromatic heterocycles. The Morgan fingerprint density at radius 3 is 3.06 bits per heavy atom. The van der Waals surface area contributed by atoms with Crippen molar-refractivity contribution >= 4 is 23.5 Å². The van der Waals surface area contributed by atoms with Crippen molar-refractivity contribution in [1.29, 1.82) is 0 Å². The Morgan fingerprint density at radius 2 is 2.41 bits per heavy atom. The van der Waals surface area contributed by atoms with Crippen LogP contribution < -0.4 is 11.1 Å². The molecule has 0 spiro atoms. The zero-order valence-electron chi connectivity index (χ0n) is 9.85. The Bertz CT molecular complexity index is 410. The normalized spacial score (nSPS) is 23.6. The molecule has 2 atom stereocenters. The number of nitrogens with zero attached hydrogens (tertiary/aromatic N) is 1. The summed E-state index contributed by atoms with van der Waals surface area (Å²) < 4.78 is 0. The van der Waals surface area contributed by atoms with Crippen molar-refractivity contribution in [1.82, 2.24) is 10.3 Å². The second-order valence-electron chi connectivity index (χ2n) is 4.28. The molecule has 1 aromatic rings. The third-order valence-corrected chi connectivity index (χ3v) is 4.23. The van der Waals surface area contributed by atoms with Crippen LogP contribution in [0.2, 0.25) is 0 Å². The first-order valence-electron chi connectivity index (χ1n) is 5.75. The van der Waals surface area contributed by atoms with Crippen LogP contribution in [-0.2, 0) is 0 Å². The molecule has 92 valence electrons. The van der Waals surface area contributed by atoms with Crippen LogP contribution in [0.25, 0.3) is 0 Å². The fourth-order valence-electron chi connectivity index (χ4n) is 2.16. The minimum atomic E-state index is -0.109. The number of amides is 1. The highest BCUT2D eigenvalue weighted by Gasteiger charge is 2.25. The molecule has 1 saturated carbocycles. The minimum absolute atomic E-state index is 0.109. The number of nitrogens with one attached hydrogen (secondary N) is 1. The summed E-state index contributed by atoms with van der Waals surface area (Å²) in [4.78, 5) is 15.9. The van der Waals surface area contributed by atoms with Crippen LogP contribution in [0.1, 0.15) is 29.6 Å². The lowest BCUT2D eigenvalue weighted by Crippen LogP contribution is -2.33. The molecule has 2 rings (SSSR count). The minimum Gasteiger partial charge on any atom is -0.383 e. The van der Waals surface area contributed by atoms with Crippen LogP contribution in [-0.4, -0.2) is 28.4 Å². The summed E-state index contributed by atoms with van der Waals surface area (Å²) in [5.41, 5.74) is 6.15. The second-order valence-corrected chi connectivity index (χ2v) is 5.42. The number of thioether (sulfide) groups is 1. The van der Waals surface area contributed by atoms with E-state index in [0.29, 0.717) is 16.6 Å². The predicted octanol–water partition coefficient (Wildman–Crippen LogP) is 1.68. The molecule has 0 aliphatic heterocycles. The first-order chi connectivity index (χ1) is 8.20. The number of aromatic nitrogens is 1. The maximum Gasteiger partial charge on any atom is 0.255 e. The Labute approximate surface area is 105 Å². The van der Waals surface area contributed by atoms with Crippen LogP contribution in [0.15, 0.2) is 18.3 Å². The van der Waals surface area contributed by atoms with E-state index in [0.717, 1.165) is 12.8 Å². The lowest BCUT2D eigenvalue weighted by molar-refractivity contribution is 0.0938. The number of rotatable bonds is 3. The summed E-state index contributed by atoms with van der Waals surface area (Å²) in [7, 11) is 0. The number of nitrogens with two attached hydrogens (primary N) is 1. The van der Waals surface area contributed by atoms with E-state index in [-0.39, 0.29) is 11.9 Å². The van der Waals surface area contributed by atoms with Crippen molar-refractivity contribution in [3.8, 4) is 0 Å². The molecule has 4 nitrogen and oxygen atoms in total. The van der Waals surface area contributed by atoms with E-state index >= 15 is 0 Å². The summed E-state index contributed by atoms with van der Waals surface area (Å²) in [6.07, 6.45) is 6.98. The van der Waals surface area contributed by atoms with Gasteiger partial charge in [0.1, 0.15) is 5.82 Å². The van der Waals surface area contributed by atoms with Crippen LogP contribution in [0.4, 0.5) is 5.82 Å². The number of hydrogen-bond acceptors (Lipinski definition) is 4. The maximum absolute atomic E-state index is 12.0. The van der Waals surface area contributed by atoms with Crippen molar-refractivity contribution in [3.05, 3.63) is 23.9 Å². The fourth-order valence-corrected chi connectivity index (χ4v) is 2.95. The first kappa shape index (κ1) is 12.2. The van der Waals surface area contributed by atoms with Crippen molar-refractivity contribution < 1.29 is 4.79 Å². The summed E-state index contributed by atoms with van der Waals surface area (Å²) in [6, 6.07) is 3.71. The summed E-state index contributed by atoms with van der Waals surface area (Å²) in [6.45, 7) is 0. The number of pyridine rings is 1. The van der Waals surface area contributed by atoms with E-state index in [9.17, 15) is 4.79 Å². The highest BCUT2D eigenvalue weighted by atomic mass is 32.2. The molecule has 1 heterocycles. The second kappa shape index (κ2) is 5.40. The topological polar surface area (TPSA) is 68.0 Å². The highest BCUT2D eigenvalue weighted by molar-refractivity contribution is 7.99. The van der Waals surface area contributed by atoms with Crippen LogP contribution in [0.5, 0.6) is 0 Å². The van der Waals surface area contributed by atoms with Gasteiger partial charge in [0.25, 0.3) is 5.91 Å². The molecule has 1 amide bonds. The zero-order valence-corrected chi connectivity index (χ0v) is 10.7. The van der Waals surface area contributed by atoms with Gasteiger partial charge in [0.05, 0.1) is 5.56 Å². The van der Waals surface area contributed by atoms with Gasteiger partial charge in [0, 0.05) is 17.5 Å². The van der Waals surface area contributed by atoms with Gasteiger partial charge >= 0.3 is 0 Å². The largest absolute Gasteiger partial charge is 0.383 e. The maximum atomic E-state index is 12.0. The molecule has 0 aromatic carbocycles. The number of nitrogen functional groups attached to an aromatic ring is 1. The molecule has 0 saturated heterocycles. The molecular weight excluding hydrogens is 234 g/mol. The monoisotopic (exact) mass is 251 g/mol. The third-order valence-electron chi connectivity index (χ3n) is 3.14. The highest BCUT2D eigenvalue weighted by Crippen LogP contribution is 2.28. The molecule has 5 heteroatoms. The van der Waals surface area contributed by atoms with Gasteiger partial charge in [0.15, 0.2) is 0 Å². The third kappa shape index (κ3) is 2.91. The van der Waals surface area contributed by atoms with Gasteiger partial charge in [-0.15, -0.1) is 0 Å². The van der Waals surface area contributed by atoms with Crippen LogP contribution in [0, 0.1) is 0 Å². The number of hydrogen-bond donors (Lipinski definition) is 2.